The highest BCUT2D eigenvalue weighted by atomic mass is 19.1. The average molecular weight is 378 g/mol. The van der Waals surface area contributed by atoms with Crippen molar-refractivity contribution in [2.45, 2.75) is 45.2 Å². The molecule has 1 heterocycles. The van der Waals surface area contributed by atoms with Crippen LogP contribution >= 0.6 is 0 Å². The molecule has 5 nitrogen and oxygen atoms in total. The molecule has 1 saturated carbocycles. The van der Waals surface area contributed by atoms with Crippen molar-refractivity contribution in [3.05, 3.63) is 29.6 Å². The highest BCUT2D eigenvalue weighted by Crippen LogP contribution is 2.23. The van der Waals surface area contributed by atoms with Crippen molar-refractivity contribution in [2.75, 3.05) is 39.8 Å². The Morgan fingerprint density at radius 2 is 1.96 bits per heavy atom. The number of rotatable bonds is 6. The first-order valence-electron chi connectivity index (χ1n) is 10.1. The predicted octanol–water partition coefficient (Wildman–Crippen LogP) is 2.65. The summed E-state index contributed by atoms with van der Waals surface area (Å²) in [4.78, 5) is 16.9. The van der Waals surface area contributed by atoms with Crippen LogP contribution in [0, 0.1) is 11.7 Å². The molecular weight excluding hydrogens is 345 g/mol. The number of ether oxygens (including phenoxy) is 1. The van der Waals surface area contributed by atoms with Gasteiger partial charge in [0.15, 0.2) is 11.6 Å². The molecule has 2 atom stereocenters. The SMILES string of the molecule is COc1ccc(CN2CCN(CC(=O)NC3CCCC(C)C3)CC2)cc1F. The zero-order valence-corrected chi connectivity index (χ0v) is 16.5. The maximum absolute atomic E-state index is 13.8. The van der Waals surface area contributed by atoms with Gasteiger partial charge in [-0.15, -0.1) is 0 Å². The number of carbonyl (C=O) groups excluding carboxylic acids is 1. The summed E-state index contributed by atoms with van der Waals surface area (Å²) in [7, 11) is 1.47. The summed E-state index contributed by atoms with van der Waals surface area (Å²) in [6.45, 7) is 6.99. The molecule has 0 radical (unpaired) electrons. The topological polar surface area (TPSA) is 44.8 Å². The lowest BCUT2D eigenvalue weighted by atomic mass is 9.87. The molecule has 3 rings (SSSR count). The Morgan fingerprint density at radius 3 is 2.63 bits per heavy atom. The Morgan fingerprint density at radius 1 is 1.22 bits per heavy atom. The minimum absolute atomic E-state index is 0.153. The zero-order valence-electron chi connectivity index (χ0n) is 16.5. The van der Waals surface area contributed by atoms with Gasteiger partial charge in [-0.2, -0.15) is 0 Å². The highest BCUT2D eigenvalue weighted by molar-refractivity contribution is 5.78. The van der Waals surface area contributed by atoms with E-state index in [4.69, 9.17) is 4.74 Å². The molecule has 1 aliphatic carbocycles. The third-order valence-electron chi connectivity index (χ3n) is 5.76. The lowest BCUT2D eigenvalue weighted by Crippen LogP contribution is -2.50. The van der Waals surface area contributed by atoms with E-state index in [1.807, 2.05) is 6.07 Å². The molecule has 1 N–H and O–H groups in total. The minimum atomic E-state index is -0.317. The first-order valence-corrected chi connectivity index (χ1v) is 10.1. The lowest BCUT2D eigenvalue weighted by molar-refractivity contribution is -0.123. The Kier molecular flexibility index (Phi) is 7.07. The van der Waals surface area contributed by atoms with Crippen LogP contribution in [0.1, 0.15) is 38.2 Å². The van der Waals surface area contributed by atoms with E-state index >= 15 is 0 Å². The summed E-state index contributed by atoms with van der Waals surface area (Å²) in [5, 5.41) is 3.22. The van der Waals surface area contributed by atoms with Gasteiger partial charge in [0.25, 0.3) is 0 Å². The van der Waals surface area contributed by atoms with Crippen molar-refractivity contribution in [2.24, 2.45) is 5.92 Å². The number of hydrogen-bond donors (Lipinski definition) is 1. The molecule has 1 aromatic carbocycles. The number of benzene rings is 1. The van der Waals surface area contributed by atoms with Gasteiger partial charge in [-0.3, -0.25) is 14.6 Å². The first-order chi connectivity index (χ1) is 13.0. The van der Waals surface area contributed by atoms with Crippen molar-refractivity contribution in [3.63, 3.8) is 0 Å². The van der Waals surface area contributed by atoms with Crippen LogP contribution in [0.3, 0.4) is 0 Å². The molecule has 0 spiro atoms. The molecule has 0 aromatic heterocycles. The molecule has 1 aliphatic heterocycles. The van der Waals surface area contributed by atoms with Gasteiger partial charge in [0.2, 0.25) is 5.91 Å². The number of nitrogens with zero attached hydrogens (tertiary/aromatic N) is 2. The smallest absolute Gasteiger partial charge is 0.234 e. The second-order valence-corrected chi connectivity index (χ2v) is 8.06. The monoisotopic (exact) mass is 377 g/mol. The number of nitrogens with one attached hydrogen (secondary N) is 1. The van der Waals surface area contributed by atoms with Gasteiger partial charge in [0, 0.05) is 38.8 Å². The van der Waals surface area contributed by atoms with Gasteiger partial charge < -0.3 is 10.1 Å². The molecule has 6 heteroatoms. The van der Waals surface area contributed by atoms with E-state index in [0.29, 0.717) is 12.6 Å². The second-order valence-electron chi connectivity index (χ2n) is 8.06. The quantitative estimate of drug-likeness (QED) is 0.828. The van der Waals surface area contributed by atoms with Crippen LogP contribution in [0.25, 0.3) is 0 Å². The minimum Gasteiger partial charge on any atom is -0.494 e. The number of piperazine rings is 1. The molecule has 2 aliphatic rings. The van der Waals surface area contributed by atoms with Gasteiger partial charge in [-0.1, -0.05) is 25.8 Å². The molecule has 1 aromatic rings. The summed E-state index contributed by atoms with van der Waals surface area (Å²) in [6.07, 6.45) is 4.73. The maximum Gasteiger partial charge on any atom is 0.234 e. The third-order valence-corrected chi connectivity index (χ3v) is 5.76. The fourth-order valence-electron chi connectivity index (χ4n) is 4.21. The van der Waals surface area contributed by atoms with Crippen molar-refractivity contribution in [1.29, 1.82) is 0 Å². The van der Waals surface area contributed by atoms with Crippen molar-refractivity contribution in [1.82, 2.24) is 15.1 Å². The highest BCUT2D eigenvalue weighted by Gasteiger charge is 2.23. The third kappa shape index (κ3) is 5.91. The van der Waals surface area contributed by atoms with E-state index in [1.165, 1.54) is 20.0 Å². The Bertz CT molecular complexity index is 632. The fraction of sp³-hybridized carbons (Fsp3) is 0.667. The summed E-state index contributed by atoms with van der Waals surface area (Å²) in [5.74, 6) is 0.833. The summed E-state index contributed by atoms with van der Waals surface area (Å²) in [6, 6.07) is 5.49. The molecule has 1 saturated heterocycles. The first kappa shape index (κ1) is 20.1. The number of methoxy groups -OCH3 is 1. The van der Waals surface area contributed by atoms with Crippen LogP contribution in [-0.4, -0.2) is 61.6 Å². The van der Waals surface area contributed by atoms with Crippen LogP contribution in [0.15, 0.2) is 18.2 Å². The molecule has 0 bridgehead atoms. The molecule has 27 heavy (non-hydrogen) atoms. The summed E-state index contributed by atoms with van der Waals surface area (Å²) >= 11 is 0. The number of amides is 1. The van der Waals surface area contributed by atoms with E-state index in [2.05, 4.69) is 22.0 Å². The van der Waals surface area contributed by atoms with Crippen LogP contribution in [0.4, 0.5) is 4.39 Å². The Hall–Kier alpha value is -1.66. The zero-order chi connectivity index (χ0) is 19.2. The van der Waals surface area contributed by atoms with Crippen molar-refractivity contribution < 1.29 is 13.9 Å². The fourth-order valence-corrected chi connectivity index (χ4v) is 4.21. The van der Waals surface area contributed by atoms with Gasteiger partial charge in [-0.25, -0.2) is 4.39 Å². The van der Waals surface area contributed by atoms with Gasteiger partial charge in [0.05, 0.1) is 13.7 Å². The average Bonchev–Trinajstić information content (AvgIpc) is 2.63. The van der Waals surface area contributed by atoms with Crippen LogP contribution in [-0.2, 0) is 11.3 Å². The molecule has 150 valence electrons. The summed E-state index contributed by atoms with van der Waals surface area (Å²) < 4.78 is 18.8. The second kappa shape index (κ2) is 9.51. The van der Waals surface area contributed by atoms with Crippen molar-refractivity contribution in [3.8, 4) is 5.75 Å². The van der Waals surface area contributed by atoms with Crippen LogP contribution in [0.2, 0.25) is 0 Å². The maximum atomic E-state index is 13.8. The Balaban J connectivity index is 1.39. The van der Waals surface area contributed by atoms with Gasteiger partial charge in [-0.05, 0) is 36.5 Å². The van der Waals surface area contributed by atoms with Gasteiger partial charge >= 0.3 is 0 Å². The number of halogens is 1. The standard InChI is InChI=1S/C21H32FN3O2/c1-16-4-3-5-18(12-16)23-21(26)15-25-10-8-24(9-11-25)14-17-6-7-20(27-2)19(22)13-17/h6-7,13,16,18H,3-5,8-12,14-15H2,1-2H3,(H,23,26). The summed E-state index contributed by atoms with van der Waals surface area (Å²) in [5.41, 5.74) is 0.950. The molecule has 1 amide bonds. The van der Waals surface area contributed by atoms with E-state index in [1.54, 1.807) is 12.1 Å². The Labute approximate surface area is 161 Å². The van der Waals surface area contributed by atoms with Crippen LogP contribution in [0.5, 0.6) is 5.75 Å². The van der Waals surface area contributed by atoms with E-state index in [9.17, 15) is 9.18 Å². The largest absolute Gasteiger partial charge is 0.494 e. The van der Waals surface area contributed by atoms with Gasteiger partial charge in [0.1, 0.15) is 0 Å². The predicted molar refractivity (Wildman–Crippen MR) is 104 cm³/mol. The number of carbonyl (C=O) groups is 1. The molecular formula is C21H32FN3O2. The molecule has 2 unspecified atom stereocenters. The van der Waals surface area contributed by atoms with Crippen molar-refractivity contribution >= 4 is 5.91 Å². The number of hydrogen-bond acceptors (Lipinski definition) is 4. The molecule has 2 fully saturated rings. The lowest BCUT2D eigenvalue weighted by Gasteiger charge is -2.35. The van der Waals surface area contributed by atoms with E-state index < -0.39 is 0 Å². The normalized spacial score (nSPS) is 24.6. The van der Waals surface area contributed by atoms with E-state index in [0.717, 1.165) is 57.0 Å². The van der Waals surface area contributed by atoms with E-state index in [-0.39, 0.29) is 17.5 Å². The van der Waals surface area contributed by atoms with Crippen LogP contribution < -0.4 is 10.1 Å².